The lowest BCUT2D eigenvalue weighted by molar-refractivity contribution is 0.0574. The molecule has 1 aliphatic rings. The summed E-state index contributed by atoms with van der Waals surface area (Å²) in [5.74, 6) is -0.116. The number of ketones is 1. The van der Waals surface area contributed by atoms with Gasteiger partial charge in [0.25, 0.3) is 5.91 Å². The highest BCUT2D eigenvalue weighted by atomic mass is 35.5. The highest BCUT2D eigenvalue weighted by Crippen LogP contribution is 2.20. The van der Waals surface area contributed by atoms with E-state index in [1.54, 1.807) is 53.4 Å². The number of rotatable bonds is 5. The second-order valence-corrected chi connectivity index (χ2v) is 7.96. The highest BCUT2D eigenvalue weighted by molar-refractivity contribution is 6.30. The molecular formula is C23H24ClN3O2. The van der Waals surface area contributed by atoms with Gasteiger partial charge in [0.05, 0.1) is 11.6 Å². The fraction of sp³-hybridized carbons (Fsp3) is 0.348. The summed E-state index contributed by atoms with van der Waals surface area (Å²) in [6, 6.07) is 15.8. The van der Waals surface area contributed by atoms with Gasteiger partial charge in [-0.1, -0.05) is 43.6 Å². The van der Waals surface area contributed by atoms with Gasteiger partial charge in [0.2, 0.25) is 0 Å². The summed E-state index contributed by atoms with van der Waals surface area (Å²) >= 11 is 5.91. The van der Waals surface area contributed by atoms with E-state index < -0.39 is 0 Å². The third-order valence-electron chi connectivity index (χ3n) is 5.27. The summed E-state index contributed by atoms with van der Waals surface area (Å²) in [6.07, 6.45) is 0. The van der Waals surface area contributed by atoms with E-state index >= 15 is 0 Å². The number of hydrogen-bond acceptors (Lipinski definition) is 4. The second kappa shape index (κ2) is 9.21. The van der Waals surface area contributed by atoms with E-state index in [2.05, 4.69) is 11.0 Å². The summed E-state index contributed by atoms with van der Waals surface area (Å²) in [5.41, 5.74) is 1.29. The van der Waals surface area contributed by atoms with E-state index in [4.69, 9.17) is 11.6 Å². The van der Waals surface area contributed by atoms with E-state index in [0.717, 1.165) is 0 Å². The maximum absolute atomic E-state index is 13.2. The molecule has 150 valence electrons. The molecule has 1 amide bonds. The minimum absolute atomic E-state index is 0.147. The Kier molecular flexibility index (Phi) is 6.68. The molecule has 5 nitrogen and oxygen atoms in total. The Morgan fingerprint density at radius 1 is 0.966 bits per heavy atom. The van der Waals surface area contributed by atoms with E-state index in [0.29, 0.717) is 47.9 Å². The molecule has 1 unspecified atom stereocenters. The van der Waals surface area contributed by atoms with Gasteiger partial charge < -0.3 is 4.90 Å². The van der Waals surface area contributed by atoms with Crippen molar-refractivity contribution >= 4 is 23.3 Å². The Morgan fingerprint density at radius 3 is 2.10 bits per heavy atom. The van der Waals surface area contributed by atoms with Gasteiger partial charge in [-0.2, -0.15) is 5.26 Å². The summed E-state index contributed by atoms with van der Waals surface area (Å²) in [7, 11) is 0. The molecule has 0 radical (unpaired) electrons. The van der Waals surface area contributed by atoms with Crippen LogP contribution in [0, 0.1) is 17.2 Å². The first kappa shape index (κ1) is 21.0. The van der Waals surface area contributed by atoms with Gasteiger partial charge in [0, 0.05) is 42.3 Å². The van der Waals surface area contributed by atoms with Gasteiger partial charge in [-0.05, 0) is 36.2 Å². The van der Waals surface area contributed by atoms with Crippen molar-refractivity contribution in [3.05, 3.63) is 70.2 Å². The number of halogens is 1. The van der Waals surface area contributed by atoms with Gasteiger partial charge >= 0.3 is 0 Å². The molecular weight excluding hydrogens is 386 g/mol. The summed E-state index contributed by atoms with van der Waals surface area (Å²) in [6.45, 7) is 6.43. The van der Waals surface area contributed by atoms with Crippen LogP contribution in [0.4, 0.5) is 0 Å². The standard InChI is InChI=1S/C23H24ClN3O2/c1-16(2)21(15-25)26-11-13-27(14-12-26)23(29)20-6-4-3-5-19(20)22(28)17-7-9-18(24)10-8-17/h3-10,16,21H,11-14H2,1-2H3. The number of benzene rings is 2. The zero-order valence-corrected chi connectivity index (χ0v) is 17.4. The maximum atomic E-state index is 13.2. The Morgan fingerprint density at radius 2 is 1.55 bits per heavy atom. The maximum Gasteiger partial charge on any atom is 0.254 e. The van der Waals surface area contributed by atoms with Crippen LogP contribution in [0.25, 0.3) is 0 Å². The minimum Gasteiger partial charge on any atom is -0.336 e. The molecule has 1 heterocycles. The van der Waals surface area contributed by atoms with Gasteiger partial charge in [0.1, 0.15) is 6.04 Å². The summed E-state index contributed by atoms with van der Waals surface area (Å²) in [5, 5.41) is 9.96. The van der Waals surface area contributed by atoms with E-state index in [1.165, 1.54) is 0 Å². The number of hydrogen-bond donors (Lipinski definition) is 0. The largest absolute Gasteiger partial charge is 0.336 e. The van der Waals surface area contributed by atoms with Crippen molar-refractivity contribution in [2.75, 3.05) is 26.2 Å². The Balaban J connectivity index is 1.77. The van der Waals surface area contributed by atoms with Crippen molar-refractivity contribution < 1.29 is 9.59 Å². The lowest BCUT2D eigenvalue weighted by Crippen LogP contribution is -2.53. The van der Waals surface area contributed by atoms with Crippen molar-refractivity contribution in [2.45, 2.75) is 19.9 Å². The van der Waals surface area contributed by atoms with Crippen molar-refractivity contribution in [3.63, 3.8) is 0 Å². The molecule has 0 spiro atoms. The van der Waals surface area contributed by atoms with Crippen LogP contribution in [0.5, 0.6) is 0 Å². The summed E-state index contributed by atoms with van der Waals surface area (Å²) < 4.78 is 0. The van der Waals surface area contributed by atoms with E-state index in [-0.39, 0.29) is 23.7 Å². The van der Waals surface area contributed by atoms with Crippen molar-refractivity contribution in [2.24, 2.45) is 5.92 Å². The molecule has 2 aromatic rings. The zero-order chi connectivity index (χ0) is 21.0. The number of carbonyl (C=O) groups excluding carboxylic acids is 2. The zero-order valence-electron chi connectivity index (χ0n) is 16.6. The van der Waals surface area contributed by atoms with Crippen LogP contribution in [-0.2, 0) is 0 Å². The SMILES string of the molecule is CC(C)C(C#N)N1CCN(C(=O)c2ccccc2C(=O)c2ccc(Cl)cc2)CC1. The highest BCUT2D eigenvalue weighted by Gasteiger charge is 2.29. The Labute approximate surface area is 176 Å². The monoisotopic (exact) mass is 409 g/mol. The average molecular weight is 410 g/mol. The predicted molar refractivity (Wildman–Crippen MR) is 113 cm³/mol. The van der Waals surface area contributed by atoms with E-state index in [9.17, 15) is 14.9 Å². The van der Waals surface area contributed by atoms with Gasteiger partial charge in [-0.15, -0.1) is 0 Å². The Hall–Kier alpha value is -2.68. The second-order valence-electron chi connectivity index (χ2n) is 7.53. The van der Waals surface area contributed by atoms with Crippen LogP contribution >= 0.6 is 11.6 Å². The van der Waals surface area contributed by atoms with Crippen molar-refractivity contribution in [3.8, 4) is 6.07 Å². The molecule has 29 heavy (non-hydrogen) atoms. The van der Waals surface area contributed by atoms with Crippen LogP contribution in [0.2, 0.25) is 5.02 Å². The fourth-order valence-corrected chi connectivity index (χ4v) is 3.78. The molecule has 0 saturated carbocycles. The number of nitriles is 1. The number of piperazine rings is 1. The molecule has 0 aromatic heterocycles. The molecule has 0 aliphatic carbocycles. The average Bonchev–Trinajstić information content (AvgIpc) is 2.74. The molecule has 6 heteroatoms. The first-order chi connectivity index (χ1) is 13.9. The third kappa shape index (κ3) is 4.67. The number of amides is 1. The smallest absolute Gasteiger partial charge is 0.254 e. The first-order valence-electron chi connectivity index (χ1n) is 9.74. The lowest BCUT2D eigenvalue weighted by Gasteiger charge is -2.38. The molecule has 2 aromatic carbocycles. The molecule has 3 rings (SSSR count). The Bertz CT molecular complexity index is 926. The molecule has 1 saturated heterocycles. The third-order valence-corrected chi connectivity index (χ3v) is 5.52. The van der Waals surface area contributed by atoms with Crippen molar-refractivity contribution in [1.82, 2.24) is 9.80 Å². The van der Waals surface area contributed by atoms with Crippen LogP contribution in [-0.4, -0.2) is 53.7 Å². The molecule has 1 aliphatic heterocycles. The van der Waals surface area contributed by atoms with Crippen LogP contribution < -0.4 is 0 Å². The van der Waals surface area contributed by atoms with Gasteiger partial charge in [-0.3, -0.25) is 14.5 Å². The quantitative estimate of drug-likeness (QED) is 0.703. The molecule has 0 bridgehead atoms. The van der Waals surface area contributed by atoms with Gasteiger partial charge in [-0.25, -0.2) is 0 Å². The number of carbonyl (C=O) groups is 2. The van der Waals surface area contributed by atoms with Crippen LogP contribution in [0.15, 0.2) is 48.5 Å². The fourth-order valence-electron chi connectivity index (χ4n) is 3.65. The molecule has 1 atom stereocenters. The minimum atomic E-state index is -0.200. The molecule has 0 N–H and O–H groups in total. The first-order valence-corrected chi connectivity index (χ1v) is 10.1. The van der Waals surface area contributed by atoms with E-state index in [1.807, 2.05) is 13.8 Å². The van der Waals surface area contributed by atoms with Crippen LogP contribution in [0.1, 0.15) is 40.1 Å². The number of nitrogens with zero attached hydrogens (tertiary/aromatic N) is 3. The van der Waals surface area contributed by atoms with Gasteiger partial charge in [0.15, 0.2) is 5.78 Å². The normalized spacial score (nSPS) is 15.8. The summed E-state index contributed by atoms with van der Waals surface area (Å²) in [4.78, 5) is 30.0. The predicted octanol–water partition coefficient (Wildman–Crippen LogP) is 3.88. The topological polar surface area (TPSA) is 64.4 Å². The van der Waals surface area contributed by atoms with Crippen molar-refractivity contribution in [1.29, 1.82) is 5.26 Å². The van der Waals surface area contributed by atoms with Crippen LogP contribution in [0.3, 0.4) is 0 Å². The molecule has 1 fully saturated rings. The lowest BCUT2D eigenvalue weighted by atomic mass is 9.97.